The Balaban J connectivity index is 1.44. The second kappa shape index (κ2) is 7.96. The molecule has 2 amide bonds. The van der Waals surface area contributed by atoms with Crippen molar-refractivity contribution in [1.29, 1.82) is 0 Å². The molecule has 2 aliphatic heterocycles. The summed E-state index contributed by atoms with van der Waals surface area (Å²) in [4.78, 5) is 19.0. The van der Waals surface area contributed by atoms with Crippen molar-refractivity contribution in [3.8, 4) is 17.2 Å². The number of pyridine rings is 1. The minimum Gasteiger partial charge on any atom is -0.493 e. The van der Waals surface area contributed by atoms with Gasteiger partial charge in [-0.2, -0.15) is 0 Å². The number of hydrogen-bond donors (Lipinski definition) is 1. The average Bonchev–Trinajstić information content (AvgIpc) is 2.99. The van der Waals surface area contributed by atoms with E-state index in [0.29, 0.717) is 17.2 Å². The van der Waals surface area contributed by atoms with Crippen molar-refractivity contribution in [2.45, 2.75) is 43.9 Å². The first kappa shape index (κ1) is 18.4. The van der Waals surface area contributed by atoms with Crippen LogP contribution in [0.15, 0.2) is 42.7 Å². The lowest BCUT2D eigenvalue weighted by molar-refractivity contribution is 0.0732. The predicted molar refractivity (Wildman–Crippen MR) is 105 cm³/mol. The Kier molecular flexibility index (Phi) is 5.23. The molecule has 4 rings (SSSR count). The monoisotopic (exact) mass is 383 g/mol. The first-order valence-electron chi connectivity index (χ1n) is 9.56. The Morgan fingerprint density at radius 3 is 2.43 bits per heavy atom. The molecule has 2 atom stereocenters. The van der Waals surface area contributed by atoms with Gasteiger partial charge < -0.3 is 24.4 Å². The highest BCUT2D eigenvalue weighted by Gasteiger charge is 2.44. The molecule has 2 fully saturated rings. The van der Waals surface area contributed by atoms with E-state index in [1.165, 1.54) is 0 Å². The van der Waals surface area contributed by atoms with Gasteiger partial charge in [0, 0.05) is 37.3 Å². The fourth-order valence-electron chi connectivity index (χ4n) is 4.33. The maximum Gasteiger partial charge on any atom is 0.322 e. The van der Waals surface area contributed by atoms with E-state index < -0.39 is 0 Å². The lowest BCUT2D eigenvalue weighted by Crippen LogP contribution is -2.50. The number of aromatic nitrogens is 1. The van der Waals surface area contributed by atoms with Crippen LogP contribution in [0.25, 0.3) is 0 Å². The van der Waals surface area contributed by atoms with Crippen LogP contribution >= 0.6 is 0 Å². The molecule has 1 N–H and O–H groups in total. The number of nitrogens with one attached hydrogen (secondary N) is 1. The minimum atomic E-state index is -0.0959. The van der Waals surface area contributed by atoms with E-state index in [4.69, 9.17) is 14.2 Å². The maximum absolute atomic E-state index is 13.0. The SMILES string of the molecule is COc1cccc(NC(=O)N2C3CCC2CC(Oc2ccncc2)C3)c1OC. The van der Waals surface area contributed by atoms with Crippen LogP contribution in [0.5, 0.6) is 17.2 Å². The molecular formula is C21H25N3O4. The third-order valence-electron chi connectivity index (χ3n) is 5.52. The summed E-state index contributed by atoms with van der Waals surface area (Å²) in [5, 5.41) is 3.00. The number of carbonyl (C=O) groups is 1. The number of carbonyl (C=O) groups excluding carboxylic acids is 1. The number of piperidine rings is 1. The smallest absolute Gasteiger partial charge is 0.322 e. The summed E-state index contributed by atoms with van der Waals surface area (Å²) < 4.78 is 16.9. The molecule has 0 saturated carbocycles. The van der Waals surface area contributed by atoms with Gasteiger partial charge in [-0.3, -0.25) is 4.98 Å². The summed E-state index contributed by atoms with van der Waals surface area (Å²) in [5.74, 6) is 1.95. The lowest BCUT2D eigenvalue weighted by Gasteiger charge is -2.38. The number of rotatable bonds is 5. The molecule has 7 nitrogen and oxygen atoms in total. The Labute approximate surface area is 164 Å². The minimum absolute atomic E-state index is 0.0959. The van der Waals surface area contributed by atoms with Crippen LogP contribution in [-0.4, -0.2) is 48.3 Å². The van der Waals surface area contributed by atoms with Crippen molar-refractivity contribution >= 4 is 11.7 Å². The van der Waals surface area contributed by atoms with E-state index in [2.05, 4.69) is 10.3 Å². The molecule has 148 valence electrons. The van der Waals surface area contributed by atoms with Gasteiger partial charge in [-0.25, -0.2) is 4.79 Å². The van der Waals surface area contributed by atoms with Crippen LogP contribution in [0, 0.1) is 0 Å². The van der Waals surface area contributed by atoms with Crippen molar-refractivity contribution in [3.63, 3.8) is 0 Å². The van der Waals surface area contributed by atoms with Crippen molar-refractivity contribution in [1.82, 2.24) is 9.88 Å². The number of para-hydroxylation sites is 1. The van der Waals surface area contributed by atoms with Gasteiger partial charge in [-0.15, -0.1) is 0 Å². The van der Waals surface area contributed by atoms with Gasteiger partial charge in [0.05, 0.1) is 19.9 Å². The van der Waals surface area contributed by atoms with Crippen LogP contribution in [0.1, 0.15) is 25.7 Å². The van der Waals surface area contributed by atoms with Crippen molar-refractivity contribution in [3.05, 3.63) is 42.7 Å². The average molecular weight is 383 g/mol. The van der Waals surface area contributed by atoms with E-state index in [1.54, 1.807) is 32.7 Å². The standard InChI is InChI=1S/C21H25N3O4/c1-26-19-5-3-4-18(20(19)27-2)23-21(25)24-14-6-7-15(24)13-17(12-14)28-16-8-10-22-11-9-16/h3-5,8-11,14-15,17H,6-7,12-13H2,1-2H3,(H,23,25). The Morgan fingerprint density at radius 1 is 1.07 bits per heavy atom. The number of hydrogen-bond acceptors (Lipinski definition) is 5. The van der Waals surface area contributed by atoms with Crippen LogP contribution < -0.4 is 19.5 Å². The summed E-state index contributed by atoms with van der Waals surface area (Å²) in [7, 11) is 3.15. The molecule has 3 heterocycles. The third-order valence-corrected chi connectivity index (χ3v) is 5.52. The second-order valence-corrected chi connectivity index (χ2v) is 7.16. The maximum atomic E-state index is 13.0. The topological polar surface area (TPSA) is 72.9 Å². The summed E-state index contributed by atoms with van der Waals surface area (Å²) in [5.41, 5.74) is 0.612. The number of benzene rings is 1. The molecule has 7 heteroatoms. The first-order chi connectivity index (χ1) is 13.7. The van der Waals surface area contributed by atoms with Crippen molar-refractivity contribution < 1.29 is 19.0 Å². The number of anilines is 1. The van der Waals surface area contributed by atoms with Crippen molar-refractivity contribution in [2.24, 2.45) is 0 Å². The van der Waals surface area contributed by atoms with E-state index in [0.717, 1.165) is 31.4 Å². The van der Waals surface area contributed by atoms with Crippen LogP contribution in [0.3, 0.4) is 0 Å². The number of urea groups is 1. The zero-order valence-corrected chi connectivity index (χ0v) is 16.1. The van der Waals surface area contributed by atoms with Crippen LogP contribution in [-0.2, 0) is 0 Å². The normalized spacial score (nSPS) is 23.2. The van der Waals surface area contributed by atoms with Crippen LogP contribution in [0.2, 0.25) is 0 Å². The van der Waals surface area contributed by atoms with E-state index in [9.17, 15) is 4.79 Å². The molecule has 2 bridgehead atoms. The van der Waals surface area contributed by atoms with E-state index in [-0.39, 0.29) is 24.2 Å². The fraction of sp³-hybridized carbons (Fsp3) is 0.429. The zero-order valence-electron chi connectivity index (χ0n) is 16.1. The number of ether oxygens (including phenoxy) is 3. The Bertz CT molecular complexity index is 816. The highest BCUT2D eigenvalue weighted by Crippen LogP contribution is 2.39. The Hall–Kier alpha value is -2.96. The molecule has 2 aliphatic rings. The number of nitrogens with zero attached hydrogens (tertiary/aromatic N) is 2. The van der Waals surface area contributed by atoms with Gasteiger partial charge >= 0.3 is 6.03 Å². The summed E-state index contributed by atoms with van der Waals surface area (Å²) in [6, 6.07) is 9.47. The van der Waals surface area contributed by atoms with Gasteiger partial charge in [0.25, 0.3) is 0 Å². The highest BCUT2D eigenvalue weighted by molar-refractivity contribution is 5.92. The Morgan fingerprint density at radius 2 is 1.79 bits per heavy atom. The molecular weight excluding hydrogens is 358 g/mol. The molecule has 2 saturated heterocycles. The largest absolute Gasteiger partial charge is 0.493 e. The van der Waals surface area contributed by atoms with Gasteiger partial charge in [-0.05, 0) is 37.1 Å². The van der Waals surface area contributed by atoms with Crippen molar-refractivity contribution in [2.75, 3.05) is 19.5 Å². The van der Waals surface area contributed by atoms with Gasteiger partial charge in [-0.1, -0.05) is 6.07 Å². The zero-order chi connectivity index (χ0) is 19.5. The lowest BCUT2D eigenvalue weighted by atomic mass is 10.00. The molecule has 0 radical (unpaired) electrons. The van der Waals surface area contributed by atoms with Gasteiger partial charge in [0.1, 0.15) is 11.9 Å². The molecule has 28 heavy (non-hydrogen) atoms. The van der Waals surface area contributed by atoms with E-state index >= 15 is 0 Å². The van der Waals surface area contributed by atoms with Gasteiger partial charge in [0.2, 0.25) is 0 Å². The summed E-state index contributed by atoms with van der Waals surface area (Å²) >= 11 is 0. The number of fused-ring (bicyclic) bond motifs is 2. The first-order valence-corrected chi connectivity index (χ1v) is 9.56. The third kappa shape index (κ3) is 3.56. The fourth-order valence-corrected chi connectivity index (χ4v) is 4.33. The molecule has 1 aromatic heterocycles. The molecule has 0 spiro atoms. The highest BCUT2D eigenvalue weighted by atomic mass is 16.5. The summed E-state index contributed by atoms with van der Waals surface area (Å²) in [6.07, 6.45) is 7.26. The van der Waals surface area contributed by atoms with Crippen LogP contribution in [0.4, 0.5) is 10.5 Å². The molecule has 0 aliphatic carbocycles. The molecule has 2 aromatic rings. The number of amides is 2. The molecule has 1 aromatic carbocycles. The molecule has 2 unspecified atom stereocenters. The summed E-state index contributed by atoms with van der Waals surface area (Å²) in [6.45, 7) is 0. The number of methoxy groups -OCH3 is 2. The van der Waals surface area contributed by atoms with Gasteiger partial charge in [0.15, 0.2) is 11.5 Å². The predicted octanol–water partition coefficient (Wildman–Crippen LogP) is 3.71. The van der Waals surface area contributed by atoms with E-state index in [1.807, 2.05) is 29.2 Å². The second-order valence-electron chi connectivity index (χ2n) is 7.16. The quantitative estimate of drug-likeness (QED) is 0.852.